The van der Waals surface area contributed by atoms with Crippen LogP contribution in [0.4, 0.5) is 0 Å². The molecule has 2 rings (SSSR count). The zero-order valence-corrected chi connectivity index (χ0v) is 12.7. The van der Waals surface area contributed by atoms with E-state index >= 15 is 0 Å². The van der Waals surface area contributed by atoms with Crippen LogP contribution in [0.3, 0.4) is 0 Å². The Morgan fingerprint density at radius 3 is 2.65 bits per heavy atom. The van der Waals surface area contributed by atoms with Gasteiger partial charge in [-0.3, -0.25) is 4.79 Å². The molecule has 1 aromatic heterocycles. The van der Waals surface area contributed by atoms with E-state index in [2.05, 4.69) is 15.9 Å². The molecule has 0 amide bonds. The summed E-state index contributed by atoms with van der Waals surface area (Å²) in [6.07, 6.45) is 0.112. The third-order valence-corrected chi connectivity index (χ3v) is 3.34. The van der Waals surface area contributed by atoms with Crippen LogP contribution in [0, 0.1) is 0 Å². The van der Waals surface area contributed by atoms with Crippen molar-refractivity contribution in [3.05, 3.63) is 46.6 Å². The minimum atomic E-state index is -0.488. The highest BCUT2D eigenvalue weighted by molar-refractivity contribution is 9.10. The number of halogens is 1. The fraction of sp³-hybridized carbons (Fsp3) is 0.267. The number of nitrogens with two attached hydrogens (primary N) is 1. The first-order valence-corrected chi connectivity index (χ1v) is 7.16. The van der Waals surface area contributed by atoms with Crippen LogP contribution in [-0.4, -0.2) is 12.6 Å². The monoisotopic (exact) mass is 337 g/mol. The van der Waals surface area contributed by atoms with Gasteiger partial charge in [0.2, 0.25) is 0 Å². The third kappa shape index (κ3) is 3.71. The van der Waals surface area contributed by atoms with Gasteiger partial charge in [-0.1, -0.05) is 28.1 Å². The van der Waals surface area contributed by atoms with E-state index in [1.807, 2.05) is 30.3 Å². The Hall–Kier alpha value is -1.59. The Morgan fingerprint density at radius 2 is 2.00 bits per heavy atom. The Kier molecular flexibility index (Phi) is 4.98. The Bertz CT molecular complexity index is 577. The van der Waals surface area contributed by atoms with Gasteiger partial charge < -0.3 is 14.9 Å². The van der Waals surface area contributed by atoms with Gasteiger partial charge in [-0.2, -0.15) is 0 Å². The van der Waals surface area contributed by atoms with E-state index in [9.17, 15) is 4.79 Å². The minimum Gasteiger partial charge on any atom is -0.466 e. The van der Waals surface area contributed by atoms with Crippen LogP contribution in [0.1, 0.15) is 25.1 Å². The molecule has 0 bridgehead atoms. The molecule has 1 aromatic carbocycles. The van der Waals surface area contributed by atoms with Crippen molar-refractivity contribution in [1.82, 2.24) is 0 Å². The average molecular weight is 338 g/mol. The van der Waals surface area contributed by atoms with Crippen LogP contribution in [0.15, 0.2) is 45.3 Å². The topological polar surface area (TPSA) is 65.5 Å². The molecule has 0 aliphatic carbocycles. The fourth-order valence-corrected chi connectivity index (χ4v) is 2.09. The Morgan fingerprint density at radius 1 is 1.30 bits per heavy atom. The van der Waals surface area contributed by atoms with Crippen molar-refractivity contribution in [1.29, 1.82) is 0 Å². The first-order valence-electron chi connectivity index (χ1n) is 6.37. The number of hydrogen-bond donors (Lipinski definition) is 1. The number of rotatable bonds is 5. The van der Waals surface area contributed by atoms with Crippen LogP contribution in [0.25, 0.3) is 11.3 Å². The standard InChI is InChI=1S/C15H16BrNO3/c1-2-19-15(18)9-12(17)14-8-7-13(20-14)10-3-5-11(16)6-4-10/h3-8,12H,2,9,17H2,1H3/t12-/m1/s1. The second-order valence-electron chi connectivity index (χ2n) is 4.32. The van der Waals surface area contributed by atoms with Gasteiger partial charge in [0.1, 0.15) is 11.5 Å². The summed E-state index contributed by atoms with van der Waals surface area (Å²) in [7, 11) is 0. The molecule has 1 atom stereocenters. The van der Waals surface area contributed by atoms with Gasteiger partial charge in [-0.05, 0) is 31.2 Å². The van der Waals surface area contributed by atoms with E-state index in [1.54, 1.807) is 13.0 Å². The molecule has 0 saturated carbocycles. The highest BCUT2D eigenvalue weighted by Crippen LogP contribution is 2.27. The van der Waals surface area contributed by atoms with Gasteiger partial charge in [0.05, 0.1) is 19.1 Å². The maximum Gasteiger partial charge on any atom is 0.307 e. The molecule has 0 radical (unpaired) electrons. The maximum absolute atomic E-state index is 11.4. The molecule has 1 heterocycles. The SMILES string of the molecule is CCOC(=O)C[C@@H](N)c1ccc(-c2ccc(Br)cc2)o1. The van der Waals surface area contributed by atoms with Gasteiger partial charge in [-0.15, -0.1) is 0 Å². The van der Waals surface area contributed by atoms with E-state index in [-0.39, 0.29) is 12.4 Å². The predicted octanol–water partition coefficient (Wildman–Crippen LogP) is 3.66. The van der Waals surface area contributed by atoms with Crippen LogP contribution >= 0.6 is 15.9 Å². The zero-order valence-electron chi connectivity index (χ0n) is 11.1. The average Bonchev–Trinajstić information content (AvgIpc) is 2.89. The summed E-state index contributed by atoms with van der Waals surface area (Å²) in [4.78, 5) is 11.4. The highest BCUT2D eigenvalue weighted by atomic mass is 79.9. The lowest BCUT2D eigenvalue weighted by Crippen LogP contribution is -2.16. The van der Waals surface area contributed by atoms with E-state index in [4.69, 9.17) is 14.9 Å². The Labute approximate surface area is 126 Å². The lowest BCUT2D eigenvalue weighted by atomic mass is 10.1. The summed E-state index contributed by atoms with van der Waals surface area (Å²) in [5, 5.41) is 0. The first-order chi connectivity index (χ1) is 9.60. The lowest BCUT2D eigenvalue weighted by molar-refractivity contribution is -0.143. The number of esters is 1. The van der Waals surface area contributed by atoms with Crippen molar-refractivity contribution >= 4 is 21.9 Å². The summed E-state index contributed by atoms with van der Waals surface area (Å²) in [6.45, 7) is 2.12. The number of carbonyl (C=O) groups excluding carboxylic acids is 1. The van der Waals surface area contributed by atoms with Crippen molar-refractivity contribution in [2.24, 2.45) is 5.73 Å². The van der Waals surface area contributed by atoms with Crippen LogP contribution in [0.5, 0.6) is 0 Å². The third-order valence-electron chi connectivity index (χ3n) is 2.81. The Balaban J connectivity index is 2.08. The van der Waals surface area contributed by atoms with Gasteiger partial charge in [0.25, 0.3) is 0 Å². The van der Waals surface area contributed by atoms with Gasteiger partial charge in [0, 0.05) is 10.0 Å². The second-order valence-corrected chi connectivity index (χ2v) is 5.24. The van der Waals surface area contributed by atoms with Gasteiger partial charge in [-0.25, -0.2) is 0 Å². The van der Waals surface area contributed by atoms with Crippen molar-refractivity contribution in [3.63, 3.8) is 0 Å². The summed E-state index contributed by atoms with van der Waals surface area (Å²) < 4.78 is 11.6. The molecule has 2 N–H and O–H groups in total. The number of benzene rings is 1. The van der Waals surface area contributed by atoms with Crippen molar-refractivity contribution < 1.29 is 13.9 Å². The molecule has 0 spiro atoms. The summed E-state index contributed by atoms with van der Waals surface area (Å²) in [5.74, 6) is 0.990. The van der Waals surface area contributed by atoms with Crippen molar-refractivity contribution in [2.45, 2.75) is 19.4 Å². The minimum absolute atomic E-state index is 0.112. The molecule has 2 aromatic rings. The molecule has 106 valence electrons. The molecule has 5 heteroatoms. The smallest absolute Gasteiger partial charge is 0.307 e. The normalized spacial score (nSPS) is 12.2. The molecular formula is C15H16BrNO3. The lowest BCUT2D eigenvalue weighted by Gasteiger charge is -2.07. The highest BCUT2D eigenvalue weighted by Gasteiger charge is 2.16. The summed E-state index contributed by atoms with van der Waals surface area (Å²) >= 11 is 3.39. The molecule has 20 heavy (non-hydrogen) atoms. The van der Waals surface area contributed by atoms with Crippen LogP contribution in [-0.2, 0) is 9.53 Å². The van der Waals surface area contributed by atoms with Crippen LogP contribution < -0.4 is 5.73 Å². The van der Waals surface area contributed by atoms with Crippen molar-refractivity contribution in [2.75, 3.05) is 6.61 Å². The summed E-state index contributed by atoms with van der Waals surface area (Å²) in [5.41, 5.74) is 6.90. The van der Waals surface area contributed by atoms with E-state index in [1.165, 1.54) is 0 Å². The predicted molar refractivity (Wildman–Crippen MR) is 80.0 cm³/mol. The van der Waals surface area contributed by atoms with Crippen molar-refractivity contribution in [3.8, 4) is 11.3 Å². The molecule has 0 saturated heterocycles. The van der Waals surface area contributed by atoms with E-state index < -0.39 is 6.04 Å². The molecular weight excluding hydrogens is 322 g/mol. The molecule has 0 aliphatic rings. The molecule has 0 unspecified atom stereocenters. The van der Waals surface area contributed by atoms with E-state index in [0.717, 1.165) is 15.8 Å². The summed E-state index contributed by atoms with van der Waals surface area (Å²) in [6, 6.07) is 10.9. The zero-order chi connectivity index (χ0) is 14.5. The molecule has 4 nitrogen and oxygen atoms in total. The largest absolute Gasteiger partial charge is 0.466 e. The second kappa shape index (κ2) is 6.72. The fourth-order valence-electron chi connectivity index (χ4n) is 1.82. The number of carbonyl (C=O) groups is 1. The van der Waals surface area contributed by atoms with Gasteiger partial charge >= 0.3 is 5.97 Å². The maximum atomic E-state index is 11.4. The molecule has 0 aliphatic heterocycles. The molecule has 0 fully saturated rings. The van der Waals surface area contributed by atoms with Crippen LogP contribution in [0.2, 0.25) is 0 Å². The first kappa shape index (κ1) is 14.8. The van der Waals surface area contributed by atoms with Gasteiger partial charge in [0.15, 0.2) is 0 Å². The van der Waals surface area contributed by atoms with E-state index in [0.29, 0.717) is 12.4 Å². The number of hydrogen-bond acceptors (Lipinski definition) is 4. The number of furan rings is 1. The number of ether oxygens (including phenoxy) is 1. The quantitative estimate of drug-likeness (QED) is 0.845.